The second-order valence-electron chi connectivity index (χ2n) is 8.83. The summed E-state index contributed by atoms with van der Waals surface area (Å²) in [6.07, 6.45) is -0.900. The molecule has 0 radical (unpaired) electrons. The summed E-state index contributed by atoms with van der Waals surface area (Å²) >= 11 is 0. The average Bonchev–Trinajstić information content (AvgIpc) is 3.10. The lowest BCUT2D eigenvalue weighted by Crippen LogP contribution is -2.38. The van der Waals surface area contributed by atoms with Gasteiger partial charge in [-0.15, -0.1) is 0 Å². The molecular weight excluding hydrogens is 467 g/mol. The van der Waals surface area contributed by atoms with Crippen LogP contribution >= 0.6 is 0 Å². The number of anilines is 1. The van der Waals surface area contributed by atoms with E-state index in [1.54, 1.807) is 57.2 Å². The molecule has 0 aliphatic carbocycles. The predicted molar refractivity (Wildman–Crippen MR) is 123 cm³/mol. The predicted octanol–water partition coefficient (Wildman–Crippen LogP) is 3.82. The third kappa shape index (κ3) is 7.16. The molecule has 1 fully saturated rings. The van der Waals surface area contributed by atoms with E-state index in [0.29, 0.717) is 22.4 Å². The first-order chi connectivity index (χ1) is 15.8. The number of amides is 2. The maximum absolute atomic E-state index is 14.9. The van der Waals surface area contributed by atoms with E-state index in [-0.39, 0.29) is 19.7 Å². The van der Waals surface area contributed by atoms with Crippen LogP contribution in [0.3, 0.4) is 0 Å². The molecule has 2 amide bonds. The van der Waals surface area contributed by atoms with E-state index >= 15 is 0 Å². The van der Waals surface area contributed by atoms with Crippen LogP contribution in [0.15, 0.2) is 42.5 Å². The number of ether oxygens (including phenoxy) is 2. The van der Waals surface area contributed by atoms with E-state index in [1.807, 2.05) is 0 Å². The highest BCUT2D eigenvalue weighted by Crippen LogP contribution is 2.29. The van der Waals surface area contributed by atoms with E-state index in [1.165, 1.54) is 11.0 Å². The largest absolute Gasteiger partial charge is 0.444 e. The fourth-order valence-electron chi connectivity index (χ4n) is 3.21. The number of benzene rings is 2. The van der Waals surface area contributed by atoms with Gasteiger partial charge < -0.3 is 14.8 Å². The Balaban J connectivity index is 1.63. The number of rotatable bonds is 7. The van der Waals surface area contributed by atoms with Gasteiger partial charge in [-0.05, 0) is 50.1 Å². The highest BCUT2D eigenvalue weighted by atomic mass is 32.2. The van der Waals surface area contributed by atoms with Crippen molar-refractivity contribution in [3.05, 3.63) is 53.8 Å². The Kier molecular flexibility index (Phi) is 7.47. The van der Waals surface area contributed by atoms with Crippen molar-refractivity contribution in [2.24, 2.45) is 0 Å². The van der Waals surface area contributed by atoms with Gasteiger partial charge in [0.05, 0.1) is 31.6 Å². The first kappa shape index (κ1) is 25.4. The molecule has 0 bridgehead atoms. The molecule has 3 rings (SSSR count). The lowest BCUT2D eigenvalue weighted by atomic mass is 10.0. The molecule has 0 unspecified atom stereocenters. The molecule has 1 aliphatic rings. The molecule has 2 aromatic rings. The quantitative estimate of drug-likeness (QED) is 0.583. The minimum Gasteiger partial charge on any atom is -0.444 e. The SMILES string of the molecule is CC(C)(C)OC(=O)NC[C@H]1CN(c2ccc(-c3ccc(COS(C)(=O)=O)cc3)c(F)c2)C(=O)O1. The Morgan fingerprint density at radius 3 is 2.47 bits per heavy atom. The van der Waals surface area contributed by atoms with E-state index in [4.69, 9.17) is 13.7 Å². The summed E-state index contributed by atoms with van der Waals surface area (Å²) in [4.78, 5) is 25.4. The van der Waals surface area contributed by atoms with Crippen molar-refractivity contribution < 1.29 is 36.1 Å². The summed E-state index contributed by atoms with van der Waals surface area (Å²) < 4.78 is 52.2. The number of carbonyl (C=O) groups excluding carboxylic acids is 2. The minimum atomic E-state index is -3.56. The maximum Gasteiger partial charge on any atom is 0.414 e. The molecule has 1 saturated heterocycles. The van der Waals surface area contributed by atoms with Crippen LogP contribution < -0.4 is 10.2 Å². The molecule has 0 aromatic heterocycles. The third-order valence-corrected chi connectivity index (χ3v) is 5.26. The van der Waals surface area contributed by atoms with Gasteiger partial charge in [-0.25, -0.2) is 14.0 Å². The zero-order valence-electron chi connectivity index (χ0n) is 19.3. The molecule has 0 saturated carbocycles. The Bertz CT molecular complexity index is 1160. The van der Waals surface area contributed by atoms with Crippen molar-refractivity contribution in [2.75, 3.05) is 24.2 Å². The van der Waals surface area contributed by atoms with Gasteiger partial charge in [-0.3, -0.25) is 9.08 Å². The van der Waals surface area contributed by atoms with Crippen molar-refractivity contribution in [2.45, 2.75) is 39.1 Å². The minimum absolute atomic E-state index is 0.0626. The zero-order chi connectivity index (χ0) is 25.1. The summed E-state index contributed by atoms with van der Waals surface area (Å²) in [6.45, 7) is 5.31. The van der Waals surface area contributed by atoms with Crippen molar-refractivity contribution in [3.8, 4) is 11.1 Å². The fourth-order valence-corrected chi connectivity index (χ4v) is 3.56. The van der Waals surface area contributed by atoms with Gasteiger partial charge >= 0.3 is 12.2 Å². The molecule has 1 aliphatic heterocycles. The third-order valence-electron chi connectivity index (χ3n) is 4.72. The van der Waals surface area contributed by atoms with Crippen molar-refractivity contribution in [3.63, 3.8) is 0 Å². The van der Waals surface area contributed by atoms with Crippen LogP contribution in [-0.4, -0.2) is 51.7 Å². The first-order valence-corrected chi connectivity index (χ1v) is 12.3. The van der Waals surface area contributed by atoms with Crippen LogP contribution in [0.1, 0.15) is 26.3 Å². The Labute approximate surface area is 197 Å². The average molecular weight is 495 g/mol. The molecular formula is C23H27FN2O7S. The molecule has 1 N–H and O–H groups in total. The smallest absolute Gasteiger partial charge is 0.414 e. The second kappa shape index (κ2) is 9.98. The zero-order valence-corrected chi connectivity index (χ0v) is 20.1. The topological polar surface area (TPSA) is 111 Å². The van der Waals surface area contributed by atoms with E-state index in [2.05, 4.69) is 5.32 Å². The molecule has 34 heavy (non-hydrogen) atoms. The van der Waals surface area contributed by atoms with Gasteiger partial charge in [-0.1, -0.05) is 24.3 Å². The van der Waals surface area contributed by atoms with E-state index in [0.717, 1.165) is 6.26 Å². The summed E-state index contributed by atoms with van der Waals surface area (Å²) in [5, 5.41) is 2.56. The fraction of sp³-hybridized carbons (Fsp3) is 0.391. The molecule has 0 spiro atoms. The van der Waals surface area contributed by atoms with Gasteiger partial charge in [0, 0.05) is 5.56 Å². The lowest BCUT2D eigenvalue weighted by molar-refractivity contribution is 0.0496. The number of hydrogen-bond donors (Lipinski definition) is 1. The van der Waals surface area contributed by atoms with Gasteiger partial charge in [0.25, 0.3) is 10.1 Å². The molecule has 1 heterocycles. The lowest BCUT2D eigenvalue weighted by Gasteiger charge is -2.20. The second-order valence-corrected chi connectivity index (χ2v) is 10.5. The number of nitrogens with one attached hydrogen (secondary N) is 1. The van der Waals surface area contributed by atoms with Crippen LogP contribution in [0.5, 0.6) is 0 Å². The number of carbonyl (C=O) groups is 2. The van der Waals surface area contributed by atoms with Crippen molar-refractivity contribution >= 4 is 28.0 Å². The van der Waals surface area contributed by atoms with Gasteiger partial charge in [0.2, 0.25) is 0 Å². The Hall–Kier alpha value is -3.18. The standard InChI is InChI=1S/C23H27FN2O7S/c1-23(2,3)33-21(27)25-12-18-13-26(22(28)32-18)17-9-10-19(20(24)11-17)16-7-5-15(6-8-16)14-31-34(4,29)30/h5-11,18H,12-14H2,1-4H3,(H,25,27)/t18-/m0/s1. The summed E-state index contributed by atoms with van der Waals surface area (Å²) in [5.74, 6) is -0.541. The number of alkyl carbamates (subject to hydrolysis) is 1. The van der Waals surface area contributed by atoms with Crippen LogP contribution in [0.4, 0.5) is 19.7 Å². The van der Waals surface area contributed by atoms with Crippen molar-refractivity contribution in [1.82, 2.24) is 5.32 Å². The van der Waals surface area contributed by atoms with Gasteiger partial charge in [0.15, 0.2) is 0 Å². The maximum atomic E-state index is 14.9. The number of cyclic esters (lactones) is 1. The number of nitrogens with zero attached hydrogens (tertiary/aromatic N) is 1. The van der Waals surface area contributed by atoms with Crippen molar-refractivity contribution in [1.29, 1.82) is 0 Å². The molecule has 9 nitrogen and oxygen atoms in total. The Morgan fingerprint density at radius 1 is 1.21 bits per heavy atom. The summed E-state index contributed by atoms with van der Waals surface area (Å²) in [7, 11) is -3.56. The number of halogens is 1. The Morgan fingerprint density at radius 2 is 1.88 bits per heavy atom. The number of hydrogen-bond acceptors (Lipinski definition) is 7. The van der Waals surface area contributed by atoms with E-state index < -0.39 is 39.8 Å². The summed E-state index contributed by atoms with van der Waals surface area (Å²) in [6, 6.07) is 11.0. The molecule has 1 atom stereocenters. The van der Waals surface area contributed by atoms with Gasteiger partial charge in [0.1, 0.15) is 17.5 Å². The van der Waals surface area contributed by atoms with Crippen LogP contribution in [-0.2, 0) is 30.4 Å². The summed E-state index contributed by atoms with van der Waals surface area (Å²) in [5.41, 5.74) is 1.19. The molecule has 11 heteroatoms. The van der Waals surface area contributed by atoms with E-state index in [9.17, 15) is 22.4 Å². The highest BCUT2D eigenvalue weighted by molar-refractivity contribution is 7.85. The molecule has 184 valence electrons. The van der Waals surface area contributed by atoms with Crippen LogP contribution in [0.2, 0.25) is 0 Å². The normalized spacial score (nSPS) is 16.3. The first-order valence-electron chi connectivity index (χ1n) is 10.5. The monoisotopic (exact) mass is 494 g/mol. The van der Waals surface area contributed by atoms with Crippen LogP contribution in [0.25, 0.3) is 11.1 Å². The van der Waals surface area contributed by atoms with Crippen LogP contribution in [0, 0.1) is 5.82 Å². The molecule has 2 aromatic carbocycles. The van der Waals surface area contributed by atoms with Gasteiger partial charge in [-0.2, -0.15) is 8.42 Å². The highest BCUT2D eigenvalue weighted by Gasteiger charge is 2.33.